The highest BCUT2D eigenvalue weighted by Gasteiger charge is 2.10. The summed E-state index contributed by atoms with van der Waals surface area (Å²) in [5.41, 5.74) is 0.880. The van der Waals surface area contributed by atoms with E-state index in [4.69, 9.17) is 9.15 Å². The maximum absolute atomic E-state index is 5.82. The first-order valence-corrected chi connectivity index (χ1v) is 7.17. The highest BCUT2D eigenvalue weighted by atomic mass is 16.5. The number of nitrogens with zero attached hydrogens (tertiary/aromatic N) is 2. The van der Waals surface area contributed by atoms with Crippen molar-refractivity contribution in [3.63, 3.8) is 0 Å². The summed E-state index contributed by atoms with van der Waals surface area (Å²) in [6.45, 7) is 6.20. The van der Waals surface area contributed by atoms with Crippen LogP contribution in [0.4, 0.5) is 5.88 Å². The number of rotatable bonds is 8. The topological polar surface area (TPSA) is 38.0 Å². The van der Waals surface area contributed by atoms with Gasteiger partial charge in [0, 0.05) is 24.3 Å². The van der Waals surface area contributed by atoms with Crippen LogP contribution < -0.4 is 5.01 Å². The highest BCUT2D eigenvalue weighted by molar-refractivity contribution is 5.81. The van der Waals surface area contributed by atoms with E-state index < -0.39 is 0 Å². The molecule has 2 aromatic rings. The standard InChI is InChI=1S/C16H22N2O2/c1-3-5-11-19-12-10-18(17-4-2)16-13-14-8-6-7-9-15(14)20-16/h4,6-9,13H,3,5,10-12H2,1-2H3/b17-4+. The van der Waals surface area contributed by atoms with Crippen LogP contribution >= 0.6 is 0 Å². The van der Waals surface area contributed by atoms with E-state index >= 15 is 0 Å². The van der Waals surface area contributed by atoms with Gasteiger partial charge in [-0.05, 0) is 19.4 Å². The molecular formula is C16H22N2O2. The number of ether oxygens (including phenoxy) is 1. The second-order valence-corrected chi connectivity index (χ2v) is 4.59. The van der Waals surface area contributed by atoms with Crippen molar-refractivity contribution < 1.29 is 9.15 Å². The van der Waals surface area contributed by atoms with Gasteiger partial charge in [-0.2, -0.15) is 5.10 Å². The second-order valence-electron chi connectivity index (χ2n) is 4.59. The fourth-order valence-corrected chi connectivity index (χ4v) is 1.96. The molecular weight excluding hydrogens is 252 g/mol. The highest BCUT2D eigenvalue weighted by Crippen LogP contribution is 2.25. The van der Waals surface area contributed by atoms with Crippen molar-refractivity contribution in [2.75, 3.05) is 24.8 Å². The molecule has 1 heterocycles. The first kappa shape index (κ1) is 14.6. The predicted molar refractivity (Wildman–Crippen MR) is 83.5 cm³/mol. The molecule has 0 radical (unpaired) electrons. The Labute approximate surface area is 120 Å². The average molecular weight is 274 g/mol. The molecule has 108 valence electrons. The summed E-state index contributed by atoms with van der Waals surface area (Å²) >= 11 is 0. The van der Waals surface area contributed by atoms with Gasteiger partial charge in [-0.3, -0.25) is 0 Å². The number of fused-ring (bicyclic) bond motifs is 1. The zero-order valence-corrected chi connectivity index (χ0v) is 12.2. The van der Waals surface area contributed by atoms with Crippen LogP contribution in [0.2, 0.25) is 0 Å². The van der Waals surface area contributed by atoms with E-state index in [1.807, 2.05) is 42.3 Å². The van der Waals surface area contributed by atoms with Crippen LogP contribution in [0.3, 0.4) is 0 Å². The maximum Gasteiger partial charge on any atom is 0.217 e. The second kappa shape index (κ2) is 7.70. The molecule has 0 saturated heterocycles. The van der Waals surface area contributed by atoms with Gasteiger partial charge in [0.05, 0.1) is 13.2 Å². The molecule has 0 spiro atoms. The summed E-state index contributed by atoms with van der Waals surface area (Å²) in [6, 6.07) is 9.98. The Kier molecular flexibility index (Phi) is 5.62. The van der Waals surface area contributed by atoms with Gasteiger partial charge >= 0.3 is 0 Å². The molecule has 4 nitrogen and oxygen atoms in total. The molecule has 0 aliphatic heterocycles. The van der Waals surface area contributed by atoms with Crippen molar-refractivity contribution in [1.29, 1.82) is 0 Å². The van der Waals surface area contributed by atoms with E-state index in [0.29, 0.717) is 13.2 Å². The number of unbranched alkanes of at least 4 members (excludes halogenated alkanes) is 1. The summed E-state index contributed by atoms with van der Waals surface area (Å²) in [5.74, 6) is 0.753. The molecule has 1 aromatic carbocycles. The molecule has 0 aliphatic rings. The third kappa shape index (κ3) is 3.84. The van der Waals surface area contributed by atoms with E-state index in [1.54, 1.807) is 6.21 Å². The van der Waals surface area contributed by atoms with Crippen molar-refractivity contribution in [2.45, 2.75) is 26.7 Å². The number of benzene rings is 1. The van der Waals surface area contributed by atoms with Crippen molar-refractivity contribution in [2.24, 2.45) is 5.10 Å². The van der Waals surface area contributed by atoms with Gasteiger partial charge in [0.1, 0.15) is 5.58 Å². The van der Waals surface area contributed by atoms with E-state index in [1.165, 1.54) is 0 Å². The van der Waals surface area contributed by atoms with E-state index in [-0.39, 0.29) is 0 Å². The smallest absolute Gasteiger partial charge is 0.217 e. The van der Waals surface area contributed by atoms with Gasteiger partial charge in [-0.1, -0.05) is 31.5 Å². The molecule has 0 fully saturated rings. The molecule has 0 amide bonds. The lowest BCUT2D eigenvalue weighted by Crippen LogP contribution is -2.21. The Balaban J connectivity index is 2.00. The zero-order chi connectivity index (χ0) is 14.2. The van der Waals surface area contributed by atoms with Crippen molar-refractivity contribution in [3.8, 4) is 0 Å². The SMILES string of the molecule is C/C=N/N(CCOCCCC)c1cc2ccccc2o1. The summed E-state index contributed by atoms with van der Waals surface area (Å²) < 4.78 is 11.4. The third-order valence-corrected chi connectivity index (χ3v) is 3.01. The first-order chi connectivity index (χ1) is 9.85. The van der Waals surface area contributed by atoms with E-state index in [2.05, 4.69) is 12.0 Å². The van der Waals surface area contributed by atoms with Crippen LogP contribution in [-0.4, -0.2) is 26.0 Å². The summed E-state index contributed by atoms with van der Waals surface area (Å²) in [7, 11) is 0. The monoisotopic (exact) mass is 274 g/mol. The lowest BCUT2D eigenvalue weighted by molar-refractivity contribution is 0.136. The Morgan fingerprint density at radius 3 is 2.90 bits per heavy atom. The summed E-state index contributed by atoms with van der Waals surface area (Å²) in [4.78, 5) is 0. The number of furan rings is 1. The maximum atomic E-state index is 5.82. The van der Waals surface area contributed by atoms with Crippen molar-refractivity contribution in [3.05, 3.63) is 30.3 Å². The first-order valence-electron chi connectivity index (χ1n) is 7.17. The summed E-state index contributed by atoms with van der Waals surface area (Å²) in [6.07, 6.45) is 4.02. The van der Waals surface area contributed by atoms with Gasteiger partial charge in [-0.15, -0.1) is 0 Å². The number of hydrazone groups is 1. The van der Waals surface area contributed by atoms with Crippen LogP contribution in [0.15, 0.2) is 39.9 Å². The lowest BCUT2D eigenvalue weighted by Gasteiger charge is -2.15. The molecule has 0 aliphatic carbocycles. The minimum atomic E-state index is 0.647. The molecule has 0 atom stereocenters. The van der Waals surface area contributed by atoms with Gasteiger partial charge in [0.25, 0.3) is 0 Å². The minimum Gasteiger partial charge on any atom is -0.439 e. The lowest BCUT2D eigenvalue weighted by atomic mass is 10.3. The molecule has 0 bridgehead atoms. The largest absolute Gasteiger partial charge is 0.439 e. The van der Waals surface area contributed by atoms with Crippen LogP contribution in [0.5, 0.6) is 0 Å². The normalized spacial score (nSPS) is 11.5. The Morgan fingerprint density at radius 2 is 2.15 bits per heavy atom. The van der Waals surface area contributed by atoms with Crippen LogP contribution in [0.1, 0.15) is 26.7 Å². The van der Waals surface area contributed by atoms with Crippen molar-refractivity contribution >= 4 is 23.1 Å². The molecule has 2 rings (SSSR count). The third-order valence-electron chi connectivity index (χ3n) is 3.01. The zero-order valence-electron chi connectivity index (χ0n) is 12.2. The van der Waals surface area contributed by atoms with Crippen LogP contribution in [0, 0.1) is 0 Å². The Morgan fingerprint density at radius 1 is 1.30 bits per heavy atom. The molecule has 0 N–H and O–H groups in total. The number of para-hydroxylation sites is 1. The van der Waals surface area contributed by atoms with Crippen molar-refractivity contribution in [1.82, 2.24) is 0 Å². The number of hydrogen-bond acceptors (Lipinski definition) is 4. The molecule has 1 aromatic heterocycles. The summed E-state index contributed by atoms with van der Waals surface area (Å²) in [5, 5.41) is 7.27. The molecule has 0 saturated carbocycles. The molecule has 0 unspecified atom stereocenters. The minimum absolute atomic E-state index is 0.647. The van der Waals surface area contributed by atoms with Gasteiger partial charge in [-0.25, -0.2) is 5.01 Å². The Hall–Kier alpha value is -1.81. The fourth-order valence-electron chi connectivity index (χ4n) is 1.96. The van der Waals surface area contributed by atoms with Crippen LogP contribution in [-0.2, 0) is 4.74 Å². The predicted octanol–water partition coefficient (Wildman–Crippen LogP) is 4.06. The molecule has 20 heavy (non-hydrogen) atoms. The number of anilines is 1. The van der Waals surface area contributed by atoms with Crippen LogP contribution in [0.25, 0.3) is 11.0 Å². The fraction of sp³-hybridized carbons (Fsp3) is 0.438. The number of hydrogen-bond donors (Lipinski definition) is 0. The van der Waals surface area contributed by atoms with Gasteiger partial charge < -0.3 is 9.15 Å². The molecule has 4 heteroatoms. The Bertz CT molecular complexity index is 515. The van der Waals surface area contributed by atoms with Gasteiger partial charge in [0.15, 0.2) is 0 Å². The average Bonchev–Trinajstić information content (AvgIpc) is 2.89. The van der Waals surface area contributed by atoms with E-state index in [9.17, 15) is 0 Å². The quantitative estimate of drug-likeness (QED) is 0.414. The van der Waals surface area contributed by atoms with E-state index in [0.717, 1.165) is 36.3 Å². The van der Waals surface area contributed by atoms with Gasteiger partial charge in [0.2, 0.25) is 5.88 Å².